The molecule has 134 valence electrons. The minimum atomic E-state index is -0.324. The first-order valence-corrected chi connectivity index (χ1v) is 9.12. The molecule has 0 radical (unpaired) electrons. The zero-order valence-corrected chi connectivity index (χ0v) is 16.1. The fourth-order valence-electron chi connectivity index (χ4n) is 3.01. The van der Waals surface area contributed by atoms with E-state index in [1.165, 1.54) is 0 Å². The minimum absolute atomic E-state index is 0.324. The molecule has 0 bridgehead atoms. The Morgan fingerprint density at radius 1 is 1.15 bits per heavy atom. The molecule has 0 aliphatic heterocycles. The van der Waals surface area contributed by atoms with E-state index in [4.69, 9.17) is 4.74 Å². The highest BCUT2D eigenvalue weighted by atomic mass is 79.9. The van der Waals surface area contributed by atoms with E-state index in [1.807, 2.05) is 60.8 Å². The highest BCUT2D eigenvalue weighted by Gasteiger charge is 2.13. The monoisotopic (exact) mass is 421 g/mol. The summed E-state index contributed by atoms with van der Waals surface area (Å²) in [5.74, 6) is 0.187. The Balaban J connectivity index is 1.59. The zero-order valence-electron chi connectivity index (χ0n) is 14.5. The summed E-state index contributed by atoms with van der Waals surface area (Å²) in [7, 11) is 1.55. The van der Waals surface area contributed by atoms with E-state index in [-0.39, 0.29) is 5.91 Å². The molecule has 0 aliphatic rings. The van der Waals surface area contributed by atoms with E-state index in [1.54, 1.807) is 13.3 Å². The van der Waals surface area contributed by atoms with E-state index in [2.05, 4.69) is 31.4 Å². The van der Waals surface area contributed by atoms with E-state index < -0.39 is 0 Å². The van der Waals surface area contributed by atoms with E-state index >= 15 is 0 Å². The lowest BCUT2D eigenvalue weighted by atomic mass is 10.1. The number of H-pyrrole nitrogens is 1. The summed E-state index contributed by atoms with van der Waals surface area (Å²) in [5, 5.41) is 7.11. The molecule has 1 aromatic heterocycles. The Morgan fingerprint density at radius 2 is 1.93 bits per heavy atom. The van der Waals surface area contributed by atoms with Crippen LogP contribution in [0.4, 0.5) is 0 Å². The average molecular weight is 422 g/mol. The molecule has 5 nitrogen and oxygen atoms in total. The number of carbonyl (C=O) groups is 1. The lowest BCUT2D eigenvalue weighted by molar-refractivity contribution is 0.0952. The summed E-state index contributed by atoms with van der Waals surface area (Å²) in [6.07, 6.45) is 3.47. The quantitative estimate of drug-likeness (QED) is 0.365. The maximum absolute atomic E-state index is 12.6. The number of amides is 1. The number of hydrogen-bond donors (Lipinski definition) is 2. The molecule has 0 atom stereocenters. The van der Waals surface area contributed by atoms with Gasteiger partial charge in [0.25, 0.3) is 5.91 Å². The van der Waals surface area contributed by atoms with E-state index in [0.717, 1.165) is 31.7 Å². The Labute approximate surface area is 164 Å². The van der Waals surface area contributed by atoms with Crippen LogP contribution < -0.4 is 10.2 Å². The number of hydrogen-bond acceptors (Lipinski definition) is 3. The number of rotatable bonds is 4. The first kappa shape index (κ1) is 17.3. The van der Waals surface area contributed by atoms with Crippen molar-refractivity contribution in [3.05, 3.63) is 76.4 Å². The third kappa shape index (κ3) is 3.44. The van der Waals surface area contributed by atoms with Crippen LogP contribution >= 0.6 is 15.9 Å². The van der Waals surface area contributed by atoms with Crippen molar-refractivity contribution in [1.29, 1.82) is 0 Å². The predicted molar refractivity (Wildman–Crippen MR) is 112 cm³/mol. The second-order valence-corrected chi connectivity index (χ2v) is 6.95. The van der Waals surface area contributed by atoms with Crippen molar-refractivity contribution in [2.45, 2.75) is 0 Å². The summed E-state index contributed by atoms with van der Waals surface area (Å²) in [6, 6.07) is 17.4. The molecule has 27 heavy (non-hydrogen) atoms. The number of nitrogens with one attached hydrogen (secondary N) is 2. The van der Waals surface area contributed by atoms with Gasteiger partial charge in [-0.25, -0.2) is 5.43 Å². The van der Waals surface area contributed by atoms with Crippen LogP contribution in [0.1, 0.15) is 15.9 Å². The molecule has 0 fully saturated rings. The number of hydrazone groups is 1. The normalized spacial score (nSPS) is 11.3. The number of benzene rings is 3. The zero-order chi connectivity index (χ0) is 18.8. The van der Waals surface area contributed by atoms with Crippen molar-refractivity contribution >= 4 is 49.7 Å². The smallest absolute Gasteiger partial charge is 0.275 e. The molecule has 4 aromatic rings. The predicted octanol–water partition coefficient (Wildman–Crippen LogP) is 4.86. The van der Waals surface area contributed by atoms with Gasteiger partial charge in [0.15, 0.2) is 0 Å². The van der Waals surface area contributed by atoms with Crippen LogP contribution in [0, 0.1) is 0 Å². The first-order valence-electron chi connectivity index (χ1n) is 8.32. The molecule has 0 saturated carbocycles. The number of nitrogens with zero attached hydrogens (tertiary/aromatic N) is 1. The number of ether oxygens (including phenoxy) is 1. The molecular weight excluding hydrogens is 406 g/mol. The van der Waals surface area contributed by atoms with Gasteiger partial charge in [-0.05, 0) is 41.1 Å². The van der Waals surface area contributed by atoms with Crippen LogP contribution in [-0.2, 0) is 0 Å². The molecule has 1 heterocycles. The standard InChI is InChI=1S/C21H16BrN3O2/c1-27-20-9-14-5-3-2-4-13(14)8-18(20)21(26)25-24-12-15-11-23-19-7-6-16(22)10-17(15)19/h2-12,23H,1H3,(H,25,26)/b24-12-. The number of aromatic nitrogens is 1. The van der Waals surface area contributed by atoms with Gasteiger partial charge in [-0.15, -0.1) is 0 Å². The van der Waals surface area contributed by atoms with Crippen LogP contribution in [0.2, 0.25) is 0 Å². The largest absolute Gasteiger partial charge is 0.496 e. The molecule has 0 saturated heterocycles. The number of carbonyl (C=O) groups excluding carboxylic acids is 1. The average Bonchev–Trinajstić information content (AvgIpc) is 3.09. The minimum Gasteiger partial charge on any atom is -0.496 e. The molecule has 1 amide bonds. The van der Waals surface area contributed by atoms with Crippen LogP contribution in [0.3, 0.4) is 0 Å². The summed E-state index contributed by atoms with van der Waals surface area (Å²) < 4.78 is 6.36. The summed E-state index contributed by atoms with van der Waals surface area (Å²) >= 11 is 3.47. The Morgan fingerprint density at radius 3 is 2.70 bits per heavy atom. The highest BCUT2D eigenvalue weighted by molar-refractivity contribution is 9.10. The molecule has 4 rings (SSSR count). The number of halogens is 1. The second kappa shape index (κ2) is 7.25. The van der Waals surface area contributed by atoms with Gasteiger partial charge in [0.1, 0.15) is 5.75 Å². The van der Waals surface area contributed by atoms with Crippen LogP contribution in [-0.4, -0.2) is 24.2 Å². The fraction of sp³-hybridized carbons (Fsp3) is 0.0476. The number of aromatic amines is 1. The Kier molecular flexibility index (Phi) is 4.64. The van der Waals surface area contributed by atoms with Gasteiger partial charge < -0.3 is 9.72 Å². The second-order valence-electron chi connectivity index (χ2n) is 6.03. The third-order valence-electron chi connectivity index (χ3n) is 4.36. The molecule has 0 aliphatic carbocycles. The van der Waals surface area contributed by atoms with E-state index in [0.29, 0.717) is 11.3 Å². The first-order chi connectivity index (χ1) is 13.2. The molecule has 0 unspecified atom stereocenters. The van der Waals surface area contributed by atoms with Crippen molar-refractivity contribution in [2.24, 2.45) is 5.10 Å². The van der Waals surface area contributed by atoms with Gasteiger partial charge in [-0.3, -0.25) is 4.79 Å². The molecule has 6 heteroatoms. The maximum atomic E-state index is 12.6. The van der Waals surface area contributed by atoms with Gasteiger partial charge in [0.05, 0.1) is 18.9 Å². The summed E-state index contributed by atoms with van der Waals surface area (Å²) in [5.41, 5.74) is 4.91. The van der Waals surface area contributed by atoms with Crippen molar-refractivity contribution in [2.75, 3.05) is 7.11 Å². The van der Waals surface area contributed by atoms with Gasteiger partial charge in [-0.2, -0.15) is 5.10 Å². The highest BCUT2D eigenvalue weighted by Crippen LogP contribution is 2.26. The molecule has 3 aromatic carbocycles. The number of methoxy groups -OCH3 is 1. The third-order valence-corrected chi connectivity index (χ3v) is 4.85. The molecule has 2 N–H and O–H groups in total. The van der Waals surface area contributed by atoms with Crippen molar-refractivity contribution < 1.29 is 9.53 Å². The van der Waals surface area contributed by atoms with Gasteiger partial charge in [0.2, 0.25) is 0 Å². The molecule has 0 spiro atoms. The summed E-state index contributed by atoms with van der Waals surface area (Å²) in [4.78, 5) is 15.8. The van der Waals surface area contributed by atoms with E-state index in [9.17, 15) is 4.79 Å². The van der Waals surface area contributed by atoms with Gasteiger partial charge in [0, 0.05) is 27.1 Å². The van der Waals surface area contributed by atoms with Crippen LogP contribution in [0.15, 0.2) is 70.4 Å². The Hall–Kier alpha value is -3.12. The SMILES string of the molecule is COc1cc2ccccc2cc1C(=O)N/N=C\c1c[nH]c2ccc(Br)cc12. The van der Waals surface area contributed by atoms with Crippen molar-refractivity contribution in [3.8, 4) is 5.75 Å². The lowest BCUT2D eigenvalue weighted by Crippen LogP contribution is -2.18. The molecular formula is C21H16BrN3O2. The summed E-state index contributed by atoms with van der Waals surface area (Å²) in [6.45, 7) is 0. The van der Waals surface area contributed by atoms with Crippen molar-refractivity contribution in [1.82, 2.24) is 10.4 Å². The van der Waals surface area contributed by atoms with Gasteiger partial charge >= 0.3 is 0 Å². The topological polar surface area (TPSA) is 66.5 Å². The van der Waals surface area contributed by atoms with Gasteiger partial charge in [-0.1, -0.05) is 40.2 Å². The maximum Gasteiger partial charge on any atom is 0.275 e. The lowest BCUT2D eigenvalue weighted by Gasteiger charge is -2.09. The van der Waals surface area contributed by atoms with Crippen LogP contribution in [0.5, 0.6) is 5.75 Å². The number of fused-ring (bicyclic) bond motifs is 2. The van der Waals surface area contributed by atoms with Crippen LogP contribution in [0.25, 0.3) is 21.7 Å². The Bertz CT molecular complexity index is 1180. The fourth-order valence-corrected chi connectivity index (χ4v) is 3.37. The van der Waals surface area contributed by atoms with Crippen molar-refractivity contribution in [3.63, 3.8) is 0 Å².